The first-order chi connectivity index (χ1) is 18.8. The molecule has 4 rings (SSSR count). The Kier molecular flexibility index (Phi) is 8.92. The monoisotopic (exact) mass is 561 g/mol. The average Bonchev–Trinajstić information content (AvgIpc) is 3.21. The van der Waals surface area contributed by atoms with Crippen LogP contribution < -0.4 is 9.47 Å². The summed E-state index contributed by atoms with van der Waals surface area (Å²) in [6, 6.07) is 18.9. The van der Waals surface area contributed by atoms with Crippen molar-refractivity contribution in [3.8, 4) is 17.6 Å². The third-order valence-corrected chi connectivity index (χ3v) is 6.97. The molecule has 1 saturated heterocycles. The molecule has 8 nitrogen and oxygen atoms in total. The van der Waals surface area contributed by atoms with E-state index < -0.39 is 5.97 Å². The largest absolute Gasteiger partial charge is 0.490 e. The molecule has 39 heavy (non-hydrogen) atoms. The van der Waals surface area contributed by atoms with E-state index in [1.165, 1.54) is 23.9 Å². The predicted octanol–water partition coefficient (Wildman–Crippen LogP) is 6.51. The van der Waals surface area contributed by atoms with Gasteiger partial charge in [0.2, 0.25) is 0 Å². The molecule has 1 aliphatic rings. The van der Waals surface area contributed by atoms with Gasteiger partial charge in [0.1, 0.15) is 6.61 Å². The summed E-state index contributed by atoms with van der Waals surface area (Å²) in [7, 11) is 0. The van der Waals surface area contributed by atoms with Gasteiger partial charge in [-0.05, 0) is 79.7 Å². The van der Waals surface area contributed by atoms with Gasteiger partial charge in [0.25, 0.3) is 5.91 Å². The van der Waals surface area contributed by atoms with Crippen LogP contribution in [0.4, 0.5) is 5.69 Å². The Hall–Kier alpha value is -4.26. The van der Waals surface area contributed by atoms with Gasteiger partial charge >= 0.3 is 5.97 Å². The number of nitriles is 1. The molecule has 0 unspecified atom stereocenters. The van der Waals surface area contributed by atoms with Crippen LogP contribution in [0, 0.1) is 11.3 Å². The Morgan fingerprint density at radius 2 is 1.90 bits per heavy atom. The van der Waals surface area contributed by atoms with Crippen molar-refractivity contribution >= 4 is 52.2 Å². The van der Waals surface area contributed by atoms with E-state index in [4.69, 9.17) is 26.2 Å². The molecule has 3 aromatic carbocycles. The number of aromatic carboxylic acids is 1. The molecule has 0 aliphatic carbocycles. The van der Waals surface area contributed by atoms with Crippen LogP contribution in [-0.2, 0) is 11.4 Å². The van der Waals surface area contributed by atoms with Crippen molar-refractivity contribution in [3.05, 3.63) is 92.8 Å². The van der Waals surface area contributed by atoms with Gasteiger partial charge < -0.3 is 14.6 Å². The van der Waals surface area contributed by atoms with Crippen molar-refractivity contribution in [1.29, 1.82) is 5.26 Å². The average molecular weight is 562 g/mol. The second kappa shape index (κ2) is 12.5. The Morgan fingerprint density at radius 3 is 2.56 bits per heavy atom. The SMILES string of the molecule is CCOc1cc(/C=C2\SC(=Nc3ccc(C(=O)O)cc3)N(CC)C2=O)cc(Cl)c1OCc1ccccc1C#N. The maximum Gasteiger partial charge on any atom is 0.335 e. The highest BCUT2D eigenvalue weighted by molar-refractivity contribution is 8.18. The lowest BCUT2D eigenvalue weighted by Gasteiger charge is -2.15. The number of nitrogens with zero attached hydrogens (tertiary/aromatic N) is 3. The maximum atomic E-state index is 13.1. The number of likely N-dealkylation sites (N-methyl/N-ethyl adjacent to an activating group) is 1. The molecule has 10 heteroatoms. The van der Waals surface area contributed by atoms with Crippen LogP contribution in [0.5, 0.6) is 11.5 Å². The van der Waals surface area contributed by atoms with E-state index in [-0.39, 0.29) is 18.1 Å². The normalized spacial score (nSPS) is 15.0. The minimum Gasteiger partial charge on any atom is -0.490 e. The summed E-state index contributed by atoms with van der Waals surface area (Å²) in [6.07, 6.45) is 1.72. The van der Waals surface area contributed by atoms with Gasteiger partial charge in [0, 0.05) is 12.1 Å². The second-order valence-electron chi connectivity index (χ2n) is 8.23. The molecule has 0 saturated carbocycles. The number of carbonyl (C=O) groups is 2. The number of aliphatic imine (C=N–C) groups is 1. The summed E-state index contributed by atoms with van der Waals surface area (Å²) in [5, 5.41) is 19.2. The van der Waals surface area contributed by atoms with Crippen molar-refractivity contribution in [2.75, 3.05) is 13.2 Å². The molecule has 0 bridgehead atoms. The van der Waals surface area contributed by atoms with Crippen LogP contribution >= 0.6 is 23.4 Å². The van der Waals surface area contributed by atoms with Crippen molar-refractivity contribution in [1.82, 2.24) is 4.90 Å². The van der Waals surface area contributed by atoms with Gasteiger partial charge in [0.15, 0.2) is 16.7 Å². The number of carboxylic acid groups (broad SMARTS) is 1. The molecule has 1 fully saturated rings. The number of rotatable bonds is 9. The molecule has 1 N–H and O–H groups in total. The first-order valence-electron chi connectivity index (χ1n) is 12.0. The predicted molar refractivity (Wildman–Crippen MR) is 152 cm³/mol. The van der Waals surface area contributed by atoms with E-state index in [0.29, 0.717) is 56.6 Å². The Labute approximate surface area is 235 Å². The molecule has 0 radical (unpaired) electrons. The highest BCUT2D eigenvalue weighted by Crippen LogP contribution is 2.40. The van der Waals surface area contributed by atoms with Crippen LogP contribution in [-0.4, -0.2) is 40.2 Å². The number of carboxylic acids is 1. The summed E-state index contributed by atoms with van der Waals surface area (Å²) < 4.78 is 11.8. The Bertz CT molecular complexity index is 1510. The highest BCUT2D eigenvalue weighted by atomic mass is 35.5. The van der Waals surface area contributed by atoms with Gasteiger partial charge in [-0.2, -0.15) is 5.26 Å². The molecule has 1 heterocycles. The molecule has 0 atom stereocenters. The van der Waals surface area contributed by atoms with Crippen LogP contribution in [0.25, 0.3) is 6.08 Å². The van der Waals surface area contributed by atoms with E-state index >= 15 is 0 Å². The van der Waals surface area contributed by atoms with Crippen LogP contribution in [0.3, 0.4) is 0 Å². The summed E-state index contributed by atoms with van der Waals surface area (Å²) in [4.78, 5) is 30.8. The number of hydrogen-bond acceptors (Lipinski definition) is 7. The van der Waals surface area contributed by atoms with Gasteiger partial charge in [-0.15, -0.1) is 0 Å². The van der Waals surface area contributed by atoms with E-state index in [1.807, 2.05) is 26.0 Å². The molecular weight excluding hydrogens is 538 g/mol. The number of benzene rings is 3. The summed E-state index contributed by atoms with van der Waals surface area (Å²) >= 11 is 7.81. The van der Waals surface area contributed by atoms with Crippen molar-refractivity contribution in [2.45, 2.75) is 20.5 Å². The number of amides is 1. The maximum absolute atomic E-state index is 13.1. The summed E-state index contributed by atoms with van der Waals surface area (Å²) in [5.74, 6) is -0.456. The van der Waals surface area contributed by atoms with Crippen LogP contribution in [0.1, 0.15) is 40.9 Å². The number of halogens is 1. The standard InChI is InChI=1S/C29H24ClN3O5S/c1-3-33-27(34)25(39-29(33)32-22-11-9-19(10-12-22)28(35)36)15-18-13-23(30)26(24(14-18)37-4-2)38-17-21-8-6-5-7-20(21)16-31/h5-15H,3-4,17H2,1-2H3,(H,35,36)/b25-15-,32-29?. The van der Waals surface area contributed by atoms with Crippen LogP contribution in [0.15, 0.2) is 70.6 Å². The second-order valence-corrected chi connectivity index (χ2v) is 9.64. The molecule has 198 valence electrons. The zero-order chi connectivity index (χ0) is 27.9. The number of hydrogen-bond donors (Lipinski definition) is 1. The number of carbonyl (C=O) groups excluding carboxylic acids is 1. The quantitative estimate of drug-likeness (QED) is 0.296. The van der Waals surface area contributed by atoms with Gasteiger partial charge in [0.05, 0.1) is 39.4 Å². The number of amidine groups is 1. The molecule has 1 amide bonds. The lowest BCUT2D eigenvalue weighted by molar-refractivity contribution is -0.122. The Morgan fingerprint density at radius 1 is 1.15 bits per heavy atom. The fourth-order valence-corrected chi connectivity index (χ4v) is 5.13. The van der Waals surface area contributed by atoms with E-state index in [2.05, 4.69) is 11.1 Å². The molecule has 0 aromatic heterocycles. The van der Waals surface area contributed by atoms with Gasteiger partial charge in [-0.3, -0.25) is 9.69 Å². The fraction of sp³-hybridized carbons (Fsp3) is 0.172. The van der Waals surface area contributed by atoms with Crippen LogP contribution in [0.2, 0.25) is 5.02 Å². The number of ether oxygens (including phenoxy) is 2. The molecule has 3 aromatic rings. The zero-order valence-electron chi connectivity index (χ0n) is 21.2. The minimum absolute atomic E-state index is 0.136. The smallest absolute Gasteiger partial charge is 0.335 e. The molecular formula is C29H24ClN3O5S. The highest BCUT2D eigenvalue weighted by Gasteiger charge is 2.32. The fourth-order valence-electron chi connectivity index (χ4n) is 3.79. The van der Waals surface area contributed by atoms with E-state index in [0.717, 1.165) is 5.56 Å². The van der Waals surface area contributed by atoms with Crippen molar-refractivity contribution < 1.29 is 24.2 Å². The van der Waals surface area contributed by atoms with E-state index in [9.17, 15) is 14.9 Å². The van der Waals surface area contributed by atoms with Crippen molar-refractivity contribution in [2.24, 2.45) is 4.99 Å². The third-order valence-electron chi connectivity index (χ3n) is 5.68. The molecule has 0 spiro atoms. The Balaban J connectivity index is 1.61. The molecule has 1 aliphatic heterocycles. The first kappa shape index (κ1) is 27.8. The zero-order valence-corrected chi connectivity index (χ0v) is 22.8. The number of thioether (sulfide) groups is 1. The van der Waals surface area contributed by atoms with E-state index in [1.54, 1.807) is 47.4 Å². The van der Waals surface area contributed by atoms with Gasteiger partial charge in [-0.25, -0.2) is 9.79 Å². The summed E-state index contributed by atoms with van der Waals surface area (Å²) in [6.45, 7) is 4.62. The topological polar surface area (TPSA) is 112 Å². The summed E-state index contributed by atoms with van der Waals surface area (Å²) in [5.41, 5.74) is 2.58. The first-order valence-corrected chi connectivity index (χ1v) is 13.2. The van der Waals surface area contributed by atoms with Crippen molar-refractivity contribution in [3.63, 3.8) is 0 Å². The lowest BCUT2D eigenvalue weighted by Crippen LogP contribution is -2.28. The third kappa shape index (κ3) is 6.42. The van der Waals surface area contributed by atoms with Gasteiger partial charge in [-0.1, -0.05) is 29.8 Å². The minimum atomic E-state index is -1.02. The lowest BCUT2D eigenvalue weighted by atomic mass is 10.1.